The van der Waals surface area contributed by atoms with Crippen LogP contribution in [0.25, 0.3) is 5.69 Å². The first kappa shape index (κ1) is 26.9. The van der Waals surface area contributed by atoms with Crippen LogP contribution in [-0.4, -0.2) is 27.8 Å². The third-order valence-electron chi connectivity index (χ3n) is 8.58. The fourth-order valence-corrected chi connectivity index (χ4v) is 7.01. The van der Waals surface area contributed by atoms with Gasteiger partial charge in [0.15, 0.2) is 5.11 Å². The zero-order chi connectivity index (χ0) is 28.0. The minimum absolute atomic E-state index is 0.0934. The molecule has 2 aromatic carbocycles. The largest absolute Gasteiger partial charge is 0.370 e. The molecule has 0 saturated carbocycles. The summed E-state index contributed by atoms with van der Waals surface area (Å²) in [4.78, 5) is 9.38. The van der Waals surface area contributed by atoms with Crippen molar-refractivity contribution in [2.24, 2.45) is 5.92 Å². The van der Waals surface area contributed by atoms with Crippen molar-refractivity contribution in [3.05, 3.63) is 106 Å². The first-order valence-corrected chi connectivity index (χ1v) is 14.9. The minimum atomic E-state index is -0.110. The zero-order valence-electron chi connectivity index (χ0n) is 23.6. The molecule has 2 atom stereocenters. The van der Waals surface area contributed by atoms with Crippen LogP contribution in [0.15, 0.2) is 72.9 Å². The van der Waals surface area contributed by atoms with Crippen molar-refractivity contribution in [3.63, 3.8) is 0 Å². The Hall–Kier alpha value is -3.35. The summed E-state index contributed by atoms with van der Waals surface area (Å²) in [6, 6.07) is 23.1. The number of aromatic nitrogens is 2. The number of hydrogen-bond donors (Lipinski definition) is 1. The van der Waals surface area contributed by atoms with Crippen LogP contribution in [0.2, 0.25) is 5.02 Å². The maximum atomic E-state index is 6.98. The molecule has 4 heterocycles. The Morgan fingerprint density at radius 2 is 1.68 bits per heavy atom. The molecule has 0 spiro atoms. The number of para-hydroxylation sites is 1. The number of nitrogens with one attached hydrogen (secondary N) is 1. The van der Waals surface area contributed by atoms with Gasteiger partial charge in [-0.3, -0.25) is 4.98 Å². The molecular formula is C33H36ClN5S. The molecule has 40 heavy (non-hydrogen) atoms. The second-order valence-electron chi connectivity index (χ2n) is 11.3. The fraction of sp³-hybridized carbons (Fsp3) is 0.333. The highest BCUT2D eigenvalue weighted by molar-refractivity contribution is 7.80. The summed E-state index contributed by atoms with van der Waals surface area (Å²) >= 11 is 13.0. The number of benzene rings is 2. The molecule has 0 aliphatic carbocycles. The average molecular weight is 570 g/mol. The van der Waals surface area contributed by atoms with E-state index < -0.39 is 0 Å². The summed E-state index contributed by atoms with van der Waals surface area (Å²) in [5.41, 5.74) is 9.08. The summed E-state index contributed by atoms with van der Waals surface area (Å²) in [6.45, 7) is 11.0. The van der Waals surface area contributed by atoms with E-state index in [4.69, 9.17) is 28.8 Å². The van der Waals surface area contributed by atoms with E-state index in [-0.39, 0.29) is 12.1 Å². The summed E-state index contributed by atoms with van der Waals surface area (Å²) in [7, 11) is 0. The van der Waals surface area contributed by atoms with Crippen LogP contribution < -0.4 is 15.1 Å². The predicted molar refractivity (Wildman–Crippen MR) is 170 cm³/mol. The van der Waals surface area contributed by atoms with E-state index >= 15 is 0 Å². The van der Waals surface area contributed by atoms with Crippen molar-refractivity contribution in [1.29, 1.82) is 0 Å². The van der Waals surface area contributed by atoms with E-state index in [2.05, 4.69) is 102 Å². The molecule has 2 aliphatic heterocycles. The van der Waals surface area contributed by atoms with E-state index in [1.807, 2.05) is 18.3 Å². The van der Waals surface area contributed by atoms with Gasteiger partial charge >= 0.3 is 0 Å². The third kappa shape index (κ3) is 4.77. The van der Waals surface area contributed by atoms with Crippen LogP contribution in [0.5, 0.6) is 0 Å². The topological polar surface area (TPSA) is 36.3 Å². The molecule has 5 nitrogen and oxygen atoms in total. The lowest BCUT2D eigenvalue weighted by Gasteiger charge is -2.33. The lowest BCUT2D eigenvalue weighted by molar-refractivity contribution is 0.438. The molecule has 0 radical (unpaired) electrons. The number of pyridine rings is 1. The highest BCUT2D eigenvalue weighted by Crippen LogP contribution is 2.45. The van der Waals surface area contributed by atoms with Gasteiger partial charge in [-0.15, -0.1) is 0 Å². The van der Waals surface area contributed by atoms with Crippen LogP contribution in [0.4, 0.5) is 11.4 Å². The van der Waals surface area contributed by atoms with Crippen molar-refractivity contribution in [2.75, 3.05) is 22.9 Å². The molecular weight excluding hydrogens is 534 g/mol. The van der Waals surface area contributed by atoms with Crippen molar-refractivity contribution in [2.45, 2.75) is 52.6 Å². The predicted octanol–water partition coefficient (Wildman–Crippen LogP) is 7.86. The van der Waals surface area contributed by atoms with E-state index in [0.717, 1.165) is 41.1 Å². The molecule has 0 amide bonds. The number of hydrogen-bond acceptors (Lipinski definition) is 3. The Kier molecular flexibility index (Phi) is 7.32. The van der Waals surface area contributed by atoms with Gasteiger partial charge in [0.25, 0.3) is 0 Å². The molecule has 2 saturated heterocycles. The maximum absolute atomic E-state index is 6.98. The molecule has 206 valence electrons. The standard InChI is InChI=1S/C33H36ClN5S/c1-21-14-17-37(18-15-21)30-13-12-25(20-27(30)34)39-32(31(36-33(39)40)28-10-7-8-16-35-28)26-19-23(3)38(24(26)4)29-11-6-5-9-22(29)2/h5-13,16,19-21,31-32H,14-15,17-18H2,1-4H3,(H,36,40)/t31-,32-/m0/s1. The van der Waals surface area contributed by atoms with Gasteiger partial charge in [-0.2, -0.15) is 0 Å². The molecule has 2 fully saturated rings. The second kappa shape index (κ2) is 10.9. The first-order chi connectivity index (χ1) is 19.3. The molecule has 0 bridgehead atoms. The number of anilines is 2. The molecule has 2 aromatic heterocycles. The maximum Gasteiger partial charge on any atom is 0.174 e. The third-order valence-corrected chi connectivity index (χ3v) is 9.19. The van der Waals surface area contributed by atoms with Gasteiger partial charge < -0.3 is 19.7 Å². The summed E-state index contributed by atoms with van der Waals surface area (Å²) in [6.07, 6.45) is 4.24. The SMILES string of the molecule is Cc1ccccc1-n1c(C)cc([C@H]2[C@H](c3ccccn3)NC(=S)N2c2ccc(N3CCC(C)CC3)c(Cl)c2)c1C. The van der Waals surface area contributed by atoms with E-state index in [1.54, 1.807) is 0 Å². The Bertz CT molecular complexity index is 1540. The number of halogens is 1. The fourth-order valence-electron chi connectivity index (χ4n) is 6.37. The lowest BCUT2D eigenvalue weighted by Crippen LogP contribution is -2.33. The lowest BCUT2D eigenvalue weighted by atomic mass is 9.96. The number of piperidine rings is 1. The average Bonchev–Trinajstić information content (AvgIpc) is 3.45. The van der Waals surface area contributed by atoms with Gasteiger partial charge in [-0.25, -0.2) is 0 Å². The summed E-state index contributed by atoms with van der Waals surface area (Å²) in [5, 5.41) is 5.05. The van der Waals surface area contributed by atoms with Crippen LogP contribution >= 0.6 is 23.8 Å². The molecule has 0 unspecified atom stereocenters. The molecule has 2 aliphatic rings. The number of nitrogens with zero attached hydrogens (tertiary/aromatic N) is 4. The Labute approximate surface area is 247 Å². The highest BCUT2D eigenvalue weighted by Gasteiger charge is 2.42. The van der Waals surface area contributed by atoms with Crippen molar-refractivity contribution in [3.8, 4) is 5.69 Å². The second-order valence-corrected chi connectivity index (χ2v) is 12.0. The Morgan fingerprint density at radius 1 is 0.925 bits per heavy atom. The summed E-state index contributed by atoms with van der Waals surface area (Å²) in [5.74, 6) is 0.769. The van der Waals surface area contributed by atoms with Gasteiger partial charge in [0.1, 0.15) is 0 Å². The molecule has 4 aromatic rings. The van der Waals surface area contributed by atoms with Gasteiger partial charge in [-0.05, 0) is 105 Å². The molecule has 7 heteroatoms. The van der Waals surface area contributed by atoms with Crippen LogP contribution in [0.1, 0.15) is 60.1 Å². The highest BCUT2D eigenvalue weighted by atomic mass is 35.5. The molecule has 1 N–H and O–H groups in total. The smallest absolute Gasteiger partial charge is 0.174 e. The Morgan fingerprint density at radius 3 is 2.38 bits per heavy atom. The number of rotatable bonds is 5. The first-order valence-electron chi connectivity index (χ1n) is 14.1. The minimum Gasteiger partial charge on any atom is -0.370 e. The van der Waals surface area contributed by atoms with Crippen molar-refractivity contribution < 1.29 is 0 Å². The van der Waals surface area contributed by atoms with E-state index in [9.17, 15) is 0 Å². The van der Waals surface area contributed by atoms with Crippen LogP contribution in [-0.2, 0) is 0 Å². The van der Waals surface area contributed by atoms with Crippen LogP contribution in [0, 0.1) is 26.7 Å². The number of aryl methyl sites for hydroxylation is 2. The van der Waals surface area contributed by atoms with E-state index in [1.165, 1.54) is 41.0 Å². The van der Waals surface area contributed by atoms with Crippen molar-refractivity contribution >= 4 is 40.3 Å². The van der Waals surface area contributed by atoms with Gasteiger partial charge in [-0.1, -0.05) is 42.8 Å². The van der Waals surface area contributed by atoms with Gasteiger partial charge in [0, 0.05) is 42.0 Å². The summed E-state index contributed by atoms with van der Waals surface area (Å²) < 4.78 is 2.35. The monoisotopic (exact) mass is 569 g/mol. The quantitative estimate of drug-likeness (QED) is 0.247. The normalized spacial score (nSPS) is 19.8. The van der Waals surface area contributed by atoms with Gasteiger partial charge in [0.2, 0.25) is 0 Å². The van der Waals surface area contributed by atoms with Crippen LogP contribution in [0.3, 0.4) is 0 Å². The van der Waals surface area contributed by atoms with E-state index in [0.29, 0.717) is 5.11 Å². The van der Waals surface area contributed by atoms with Gasteiger partial charge in [0.05, 0.1) is 28.5 Å². The molecule has 6 rings (SSSR count). The number of thiocarbonyl (C=S) groups is 1. The zero-order valence-corrected chi connectivity index (χ0v) is 25.1. The Balaban J connectivity index is 1.45. The van der Waals surface area contributed by atoms with Crippen molar-refractivity contribution in [1.82, 2.24) is 14.9 Å².